The van der Waals surface area contributed by atoms with Gasteiger partial charge in [0.1, 0.15) is 5.82 Å². The van der Waals surface area contributed by atoms with Crippen molar-refractivity contribution in [1.29, 1.82) is 0 Å². The molecule has 0 bridgehead atoms. The standard InChI is InChI=1S/C14H21ClFNOS/c1-4-8-17-14(5-2)10(3)19(18)11-6-7-13(16)12(15)9-11/h6-7,9-10,14,17H,4-5,8H2,1-3H3. The second-order valence-electron chi connectivity index (χ2n) is 4.55. The minimum Gasteiger partial charge on any atom is -0.313 e. The van der Waals surface area contributed by atoms with Crippen LogP contribution in [0.3, 0.4) is 0 Å². The van der Waals surface area contributed by atoms with Gasteiger partial charge in [-0.25, -0.2) is 4.39 Å². The van der Waals surface area contributed by atoms with Crippen LogP contribution in [0.15, 0.2) is 23.1 Å². The minimum absolute atomic E-state index is 0.0209. The Balaban J connectivity index is 2.82. The van der Waals surface area contributed by atoms with Crippen molar-refractivity contribution in [2.45, 2.75) is 49.8 Å². The molecular formula is C14H21ClFNOS. The quantitative estimate of drug-likeness (QED) is 0.831. The van der Waals surface area contributed by atoms with Crippen molar-refractivity contribution in [3.8, 4) is 0 Å². The monoisotopic (exact) mass is 305 g/mol. The summed E-state index contributed by atoms with van der Waals surface area (Å²) in [6.07, 6.45) is 1.94. The molecule has 0 saturated carbocycles. The highest BCUT2D eigenvalue weighted by molar-refractivity contribution is 7.85. The summed E-state index contributed by atoms with van der Waals surface area (Å²) >= 11 is 5.73. The third kappa shape index (κ3) is 4.55. The number of benzene rings is 1. The van der Waals surface area contributed by atoms with E-state index in [0.717, 1.165) is 19.4 Å². The maximum Gasteiger partial charge on any atom is 0.141 e. The lowest BCUT2D eigenvalue weighted by Gasteiger charge is -2.23. The Hall–Kier alpha value is -0.450. The summed E-state index contributed by atoms with van der Waals surface area (Å²) in [5, 5.41) is 3.37. The molecule has 0 aliphatic rings. The first-order valence-electron chi connectivity index (χ1n) is 6.60. The van der Waals surface area contributed by atoms with Gasteiger partial charge in [-0.2, -0.15) is 0 Å². The van der Waals surface area contributed by atoms with E-state index in [2.05, 4.69) is 19.2 Å². The molecule has 0 spiro atoms. The molecule has 1 aromatic carbocycles. The molecule has 0 saturated heterocycles. The van der Waals surface area contributed by atoms with Crippen LogP contribution < -0.4 is 5.32 Å². The van der Waals surface area contributed by atoms with E-state index in [0.29, 0.717) is 4.90 Å². The Labute approximate surface area is 122 Å². The van der Waals surface area contributed by atoms with Gasteiger partial charge < -0.3 is 5.32 Å². The maximum atomic E-state index is 13.1. The Morgan fingerprint density at radius 1 is 1.42 bits per heavy atom. The van der Waals surface area contributed by atoms with Crippen molar-refractivity contribution in [3.05, 3.63) is 29.0 Å². The number of hydrogen-bond donors (Lipinski definition) is 1. The number of rotatable bonds is 7. The molecule has 0 radical (unpaired) electrons. The molecule has 19 heavy (non-hydrogen) atoms. The van der Waals surface area contributed by atoms with Gasteiger partial charge >= 0.3 is 0 Å². The van der Waals surface area contributed by atoms with E-state index < -0.39 is 16.6 Å². The molecule has 0 aliphatic carbocycles. The molecule has 0 aromatic heterocycles. The smallest absolute Gasteiger partial charge is 0.141 e. The molecule has 5 heteroatoms. The second-order valence-corrected chi connectivity index (χ2v) is 6.76. The minimum atomic E-state index is -1.19. The molecular weight excluding hydrogens is 285 g/mol. The summed E-state index contributed by atoms with van der Waals surface area (Å²) in [5.41, 5.74) is 0. The topological polar surface area (TPSA) is 29.1 Å². The third-order valence-electron chi connectivity index (χ3n) is 3.12. The molecule has 2 nitrogen and oxygen atoms in total. The van der Waals surface area contributed by atoms with Crippen LogP contribution in [0.1, 0.15) is 33.6 Å². The first-order chi connectivity index (χ1) is 9.01. The summed E-state index contributed by atoms with van der Waals surface area (Å²) in [6.45, 7) is 7.02. The van der Waals surface area contributed by atoms with E-state index >= 15 is 0 Å². The normalized spacial score (nSPS) is 16.1. The molecule has 1 aromatic rings. The van der Waals surface area contributed by atoms with Crippen LogP contribution >= 0.6 is 11.6 Å². The van der Waals surface area contributed by atoms with Crippen molar-refractivity contribution in [2.24, 2.45) is 0 Å². The average molecular weight is 306 g/mol. The van der Waals surface area contributed by atoms with E-state index in [4.69, 9.17) is 11.6 Å². The summed E-state index contributed by atoms with van der Waals surface area (Å²) in [6, 6.07) is 4.45. The van der Waals surface area contributed by atoms with Gasteiger partial charge in [-0.1, -0.05) is 25.4 Å². The van der Waals surface area contributed by atoms with Crippen LogP contribution in [0.5, 0.6) is 0 Å². The van der Waals surface area contributed by atoms with Gasteiger partial charge in [-0.05, 0) is 44.5 Å². The molecule has 108 valence electrons. The highest BCUT2D eigenvalue weighted by Gasteiger charge is 2.22. The van der Waals surface area contributed by atoms with E-state index in [1.165, 1.54) is 12.1 Å². The molecule has 0 fully saturated rings. The van der Waals surface area contributed by atoms with E-state index in [1.807, 2.05) is 6.92 Å². The first kappa shape index (κ1) is 16.6. The van der Waals surface area contributed by atoms with Crippen LogP contribution in [0.4, 0.5) is 4.39 Å². The fraction of sp³-hybridized carbons (Fsp3) is 0.571. The van der Waals surface area contributed by atoms with Gasteiger partial charge in [0.25, 0.3) is 0 Å². The van der Waals surface area contributed by atoms with Crippen molar-refractivity contribution in [1.82, 2.24) is 5.32 Å². The Morgan fingerprint density at radius 3 is 2.63 bits per heavy atom. The SMILES string of the molecule is CCCNC(CC)C(C)S(=O)c1ccc(F)c(Cl)c1. The van der Waals surface area contributed by atoms with E-state index in [9.17, 15) is 8.60 Å². The average Bonchev–Trinajstić information content (AvgIpc) is 2.41. The fourth-order valence-corrected chi connectivity index (χ4v) is 3.64. The molecule has 0 aliphatic heterocycles. The lowest BCUT2D eigenvalue weighted by molar-refractivity contribution is 0.486. The van der Waals surface area contributed by atoms with Crippen LogP contribution in [-0.2, 0) is 10.8 Å². The molecule has 0 heterocycles. The van der Waals surface area contributed by atoms with Crippen molar-refractivity contribution < 1.29 is 8.60 Å². The van der Waals surface area contributed by atoms with Crippen LogP contribution in [0, 0.1) is 5.82 Å². The zero-order chi connectivity index (χ0) is 14.4. The predicted molar refractivity (Wildman–Crippen MR) is 79.7 cm³/mol. The summed E-state index contributed by atoms with van der Waals surface area (Å²) in [5.74, 6) is -0.480. The maximum absolute atomic E-state index is 13.1. The predicted octanol–water partition coefficient (Wildman–Crippen LogP) is 3.75. The van der Waals surface area contributed by atoms with Crippen molar-refractivity contribution in [3.63, 3.8) is 0 Å². The zero-order valence-electron chi connectivity index (χ0n) is 11.6. The highest BCUT2D eigenvalue weighted by atomic mass is 35.5. The summed E-state index contributed by atoms with van der Waals surface area (Å²) in [4.78, 5) is 0.579. The number of nitrogens with one attached hydrogen (secondary N) is 1. The molecule has 1 N–H and O–H groups in total. The lowest BCUT2D eigenvalue weighted by atomic mass is 10.1. The van der Waals surface area contributed by atoms with Crippen LogP contribution in [-0.4, -0.2) is 22.0 Å². The van der Waals surface area contributed by atoms with Crippen molar-refractivity contribution >= 4 is 22.4 Å². The van der Waals surface area contributed by atoms with Crippen LogP contribution in [0.25, 0.3) is 0 Å². The Kier molecular flexibility index (Phi) is 6.97. The number of hydrogen-bond acceptors (Lipinski definition) is 2. The molecule has 0 amide bonds. The summed E-state index contributed by atoms with van der Waals surface area (Å²) in [7, 11) is -1.19. The van der Waals surface area contributed by atoms with E-state index in [1.54, 1.807) is 6.07 Å². The summed E-state index contributed by atoms with van der Waals surface area (Å²) < 4.78 is 25.6. The van der Waals surface area contributed by atoms with Crippen LogP contribution in [0.2, 0.25) is 5.02 Å². The molecule has 3 unspecified atom stereocenters. The fourth-order valence-electron chi connectivity index (χ4n) is 1.94. The van der Waals surface area contributed by atoms with Gasteiger partial charge in [-0.3, -0.25) is 4.21 Å². The van der Waals surface area contributed by atoms with Crippen molar-refractivity contribution in [2.75, 3.05) is 6.54 Å². The zero-order valence-corrected chi connectivity index (χ0v) is 13.2. The van der Waals surface area contributed by atoms with Gasteiger partial charge in [0, 0.05) is 10.9 Å². The largest absolute Gasteiger partial charge is 0.313 e. The van der Waals surface area contributed by atoms with Gasteiger partial charge in [0.05, 0.1) is 21.1 Å². The Bertz CT molecular complexity index is 441. The third-order valence-corrected chi connectivity index (χ3v) is 5.14. The molecule has 1 rings (SSSR count). The molecule has 3 atom stereocenters. The van der Waals surface area contributed by atoms with Gasteiger partial charge in [-0.15, -0.1) is 0 Å². The highest BCUT2D eigenvalue weighted by Crippen LogP contribution is 2.21. The Morgan fingerprint density at radius 2 is 2.11 bits per heavy atom. The first-order valence-corrected chi connectivity index (χ1v) is 8.19. The van der Waals surface area contributed by atoms with E-state index in [-0.39, 0.29) is 16.3 Å². The van der Waals surface area contributed by atoms with Gasteiger partial charge in [0.15, 0.2) is 0 Å². The second kappa shape index (κ2) is 7.98. The number of halogens is 2. The van der Waals surface area contributed by atoms with Gasteiger partial charge in [0.2, 0.25) is 0 Å². The lowest BCUT2D eigenvalue weighted by Crippen LogP contribution is -2.40.